The number of nitrogens with zero attached hydrogens (tertiary/aromatic N) is 1. The van der Waals surface area contributed by atoms with Gasteiger partial charge in [0.15, 0.2) is 0 Å². The molecule has 3 fully saturated rings. The number of aromatic nitrogens is 1. The molecule has 0 radical (unpaired) electrons. The van der Waals surface area contributed by atoms with Crippen molar-refractivity contribution in [1.82, 2.24) is 15.2 Å². The van der Waals surface area contributed by atoms with Crippen molar-refractivity contribution in [2.75, 3.05) is 13.1 Å². The molecule has 148 valence electrons. The normalized spacial score (nSPS) is 33.9. The molecule has 3 amide bonds. The SMILES string of the molecule is O=C(CN1C(=O)[C@@H]2[C@H]3C=C[C@H]([C@H]4C[C@H]34)[C@@H]2C1=O)NCCc1c[nH]c2ccccc12. The molecule has 0 spiro atoms. The van der Waals surface area contributed by atoms with Gasteiger partial charge in [-0.3, -0.25) is 19.3 Å². The van der Waals surface area contributed by atoms with Gasteiger partial charge in [0.25, 0.3) is 0 Å². The lowest BCUT2D eigenvalue weighted by atomic mass is 9.63. The Hall–Kier alpha value is -2.89. The predicted octanol–water partition coefficient (Wildman–Crippen LogP) is 1.88. The maximum atomic E-state index is 12.9. The van der Waals surface area contributed by atoms with Crippen LogP contribution in [-0.4, -0.2) is 40.7 Å². The lowest BCUT2D eigenvalue weighted by Gasteiger charge is -2.37. The van der Waals surface area contributed by atoms with Crippen molar-refractivity contribution in [2.45, 2.75) is 12.8 Å². The first-order valence-electron chi connectivity index (χ1n) is 10.5. The fraction of sp³-hybridized carbons (Fsp3) is 0.435. The number of fused-ring (bicyclic) bond motifs is 1. The van der Waals surface area contributed by atoms with Crippen molar-refractivity contribution in [1.29, 1.82) is 0 Å². The van der Waals surface area contributed by atoms with Crippen molar-refractivity contribution < 1.29 is 14.4 Å². The first-order chi connectivity index (χ1) is 14.1. The summed E-state index contributed by atoms with van der Waals surface area (Å²) in [5.41, 5.74) is 2.22. The largest absolute Gasteiger partial charge is 0.361 e. The number of para-hydroxylation sites is 1. The second-order valence-corrected chi connectivity index (χ2v) is 8.88. The molecule has 6 nitrogen and oxygen atoms in total. The molecule has 4 aliphatic carbocycles. The summed E-state index contributed by atoms with van der Waals surface area (Å²) in [5.74, 6) is 0.521. The van der Waals surface area contributed by atoms with E-state index in [-0.39, 0.29) is 47.9 Å². The molecule has 0 unspecified atom stereocenters. The van der Waals surface area contributed by atoms with Gasteiger partial charge in [0.2, 0.25) is 17.7 Å². The van der Waals surface area contributed by atoms with Gasteiger partial charge in [-0.15, -0.1) is 0 Å². The van der Waals surface area contributed by atoms with E-state index in [1.54, 1.807) is 0 Å². The summed E-state index contributed by atoms with van der Waals surface area (Å²) in [4.78, 5) is 42.8. The van der Waals surface area contributed by atoms with Gasteiger partial charge < -0.3 is 10.3 Å². The molecule has 2 aromatic rings. The number of benzene rings is 1. The number of amides is 3. The van der Waals surface area contributed by atoms with E-state index in [9.17, 15) is 14.4 Å². The van der Waals surface area contributed by atoms with E-state index < -0.39 is 0 Å². The molecule has 1 aromatic carbocycles. The lowest BCUT2D eigenvalue weighted by molar-refractivity contribution is -0.143. The number of rotatable bonds is 5. The second kappa shape index (κ2) is 6.05. The van der Waals surface area contributed by atoms with Gasteiger partial charge in [0.1, 0.15) is 6.54 Å². The Morgan fingerprint density at radius 3 is 2.48 bits per heavy atom. The van der Waals surface area contributed by atoms with Crippen LogP contribution in [0.1, 0.15) is 12.0 Å². The van der Waals surface area contributed by atoms with Crippen LogP contribution >= 0.6 is 0 Å². The lowest BCUT2D eigenvalue weighted by Crippen LogP contribution is -2.41. The van der Waals surface area contributed by atoms with Crippen molar-refractivity contribution in [3.05, 3.63) is 48.2 Å². The van der Waals surface area contributed by atoms with Crippen LogP contribution in [0.2, 0.25) is 0 Å². The molecule has 7 rings (SSSR count). The summed E-state index contributed by atoms with van der Waals surface area (Å²) in [7, 11) is 0. The van der Waals surface area contributed by atoms with E-state index in [1.165, 1.54) is 4.90 Å². The van der Waals surface area contributed by atoms with Crippen molar-refractivity contribution >= 4 is 28.6 Å². The van der Waals surface area contributed by atoms with E-state index in [0.717, 1.165) is 22.9 Å². The van der Waals surface area contributed by atoms with E-state index in [4.69, 9.17) is 0 Å². The minimum absolute atomic E-state index is 0.142. The number of imide groups is 1. The van der Waals surface area contributed by atoms with Gasteiger partial charge in [-0.05, 0) is 48.1 Å². The van der Waals surface area contributed by atoms with Crippen LogP contribution in [0.3, 0.4) is 0 Å². The van der Waals surface area contributed by atoms with E-state index in [2.05, 4.69) is 28.5 Å². The smallest absolute Gasteiger partial charge is 0.240 e. The highest BCUT2D eigenvalue weighted by Crippen LogP contribution is 2.65. The Labute approximate surface area is 168 Å². The molecule has 2 saturated carbocycles. The third kappa shape index (κ3) is 2.44. The van der Waals surface area contributed by atoms with Gasteiger partial charge >= 0.3 is 0 Å². The molecule has 6 atom stereocenters. The molecule has 1 aliphatic heterocycles. The van der Waals surface area contributed by atoms with E-state index >= 15 is 0 Å². The number of allylic oxidation sites excluding steroid dienone is 2. The third-order valence-electron chi connectivity index (χ3n) is 7.45. The number of carbonyl (C=O) groups excluding carboxylic acids is 3. The zero-order valence-corrected chi connectivity index (χ0v) is 16.0. The maximum absolute atomic E-state index is 12.9. The molecule has 2 heterocycles. The van der Waals surface area contributed by atoms with Crippen LogP contribution in [0.4, 0.5) is 0 Å². The monoisotopic (exact) mass is 389 g/mol. The Morgan fingerprint density at radius 1 is 1.07 bits per heavy atom. The molecule has 2 bridgehead atoms. The first-order valence-corrected chi connectivity index (χ1v) is 10.5. The maximum Gasteiger partial charge on any atom is 0.240 e. The standard InChI is InChI=1S/C23H23N3O3/c27-19(24-8-7-12-10-25-18-4-2-1-3-13(12)18)11-26-22(28)20-14-5-6-15(17-9-16(14)17)21(20)23(26)29/h1-6,10,14-17,20-21,25H,7-9,11H2,(H,24,27)/t14-,15+,16-,17-,20+,21-/m1/s1. The van der Waals surface area contributed by atoms with Crippen LogP contribution in [-0.2, 0) is 20.8 Å². The topological polar surface area (TPSA) is 82.3 Å². The highest BCUT2D eigenvalue weighted by atomic mass is 16.2. The van der Waals surface area contributed by atoms with Gasteiger partial charge in [-0.25, -0.2) is 0 Å². The van der Waals surface area contributed by atoms with Gasteiger partial charge in [-0.2, -0.15) is 0 Å². The fourth-order valence-corrected chi connectivity index (χ4v) is 6.05. The van der Waals surface area contributed by atoms with Gasteiger partial charge in [0, 0.05) is 23.6 Å². The quantitative estimate of drug-likeness (QED) is 0.605. The molecule has 1 saturated heterocycles. The number of aromatic amines is 1. The Morgan fingerprint density at radius 2 is 1.76 bits per heavy atom. The van der Waals surface area contributed by atoms with Crippen molar-refractivity contribution in [3.63, 3.8) is 0 Å². The Bertz CT molecular complexity index is 1030. The summed E-state index contributed by atoms with van der Waals surface area (Å²) in [5, 5.41) is 4.03. The average Bonchev–Trinajstić information content (AvgIpc) is 3.42. The molecule has 29 heavy (non-hydrogen) atoms. The predicted molar refractivity (Wildman–Crippen MR) is 106 cm³/mol. The number of likely N-dealkylation sites (tertiary alicyclic amines) is 1. The van der Waals surface area contributed by atoms with Gasteiger partial charge in [0.05, 0.1) is 11.8 Å². The van der Waals surface area contributed by atoms with Crippen molar-refractivity contribution in [2.24, 2.45) is 35.5 Å². The minimum atomic E-state index is -0.268. The van der Waals surface area contributed by atoms with Gasteiger partial charge in [-0.1, -0.05) is 30.4 Å². The van der Waals surface area contributed by atoms with Crippen molar-refractivity contribution in [3.8, 4) is 0 Å². The number of nitrogens with one attached hydrogen (secondary N) is 2. The summed E-state index contributed by atoms with van der Waals surface area (Å²) in [6, 6.07) is 8.05. The second-order valence-electron chi connectivity index (χ2n) is 8.88. The molecule has 6 heteroatoms. The Balaban J connectivity index is 1.09. The molecule has 1 aromatic heterocycles. The highest BCUT2D eigenvalue weighted by molar-refractivity contribution is 6.08. The Kier molecular flexibility index (Phi) is 3.55. The van der Waals surface area contributed by atoms with Crippen LogP contribution in [0, 0.1) is 35.5 Å². The summed E-state index contributed by atoms with van der Waals surface area (Å²) in [6.07, 6.45) is 8.10. The molecule has 2 N–H and O–H groups in total. The number of H-pyrrole nitrogens is 1. The van der Waals surface area contributed by atoms with Crippen LogP contribution in [0.5, 0.6) is 0 Å². The molecular formula is C23H23N3O3. The molecule has 5 aliphatic rings. The summed E-state index contributed by atoms with van der Waals surface area (Å²) >= 11 is 0. The van der Waals surface area contributed by atoms with Crippen LogP contribution in [0.25, 0.3) is 10.9 Å². The number of hydrogen-bond acceptors (Lipinski definition) is 3. The highest BCUT2D eigenvalue weighted by Gasteiger charge is 2.67. The number of hydrogen-bond donors (Lipinski definition) is 2. The summed E-state index contributed by atoms with van der Waals surface area (Å²) in [6.45, 7) is 0.314. The van der Waals surface area contributed by atoms with E-state index in [0.29, 0.717) is 24.8 Å². The zero-order valence-electron chi connectivity index (χ0n) is 16.0. The molecular weight excluding hydrogens is 366 g/mol. The minimum Gasteiger partial charge on any atom is -0.361 e. The number of carbonyl (C=O) groups is 3. The van der Waals surface area contributed by atoms with Crippen LogP contribution in [0.15, 0.2) is 42.6 Å². The first kappa shape index (κ1) is 17.0. The fourth-order valence-electron chi connectivity index (χ4n) is 6.05. The van der Waals surface area contributed by atoms with Crippen LogP contribution < -0.4 is 5.32 Å². The zero-order chi connectivity index (χ0) is 19.7. The summed E-state index contributed by atoms with van der Waals surface area (Å²) < 4.78 is 0. The third-order valence-corrected chi connectivity index (χ3v) is 7.45. The average molecular weight is 389 g/mol. The van der Waals surface area contributed by atoms with E-state index in [1.807, 2.05) is 24.4 Å².